The molecule has 0 amide bonds. The topological polar surface area (TPSA) is 50.3 Å². The van der Waals surface area contributed by atoms with Crippen LogP contribution < -0.4 is 15.0 Å². The predicted molar refractivity (Wildman–Crippen MR) is 79.9 cm³/mol. The van der Waals surface area contributed by atoms with Crippen molar-refractivity contribution in [2.45, 2.75) is 13.1 Å². The Balaban J connectivity index is 2.01. The zero-order valence-corrected chi connectivity index (χ0v) is 12.1. The molecule has 1 N–H and O–H groups in total. The van der Waals surface area contributed by atoms with E-state index in [0.717, 1.165) is 30.4 Å². The van der Waals surface area contributed by atoms with Crippen molar-refractivity contribution < 1.29 is 4.74 Å². The number of nitrogens with one attached hydrogen (secondary N) is 1. The van der Waals surface area contributed by atoms with Gasteiger partial charge in [-0.05, 0) is 24.7 Å². The molecule has 106 valence electrons. The van der Waals surface area contributed by atoms with Gasteiger partial charge in [-0.2, -0.15) is 0 Å². The lowest BCUT2D eigenvalue weighted by Crippen LogP contribution is -2.18. The Bertz CT molecular complexity index is 525. The predicted octanol–water partition coefficient (Wildman–Crippen LogP) is 1.84. The van der Waals surface area contributed by atoms with Crippen LogP contribution in [0.15, 0.2) is 36.7 Å². The molecule has 0 bridgehead atoms. The summed E-state index contributed by atoms with van der Waals surface area (Å²) in [7, 11) is 5.57. The molecule has 0 unspecified atom stereocenters. The highest BCUT2D eigenvalue weighted by molar-refractivity contribution is 5.37. The molecule has 0 atom stereocenters. The van der Waals surface area contributed by atoms with Gasteiger partial charge in [-0.3, -0.25) is 4.98 Å². The number of methoxy groups -OCH3 is 1. The Morgan fingerprint density at radius 2 is 1.90 bits per heavy atom. The third-order valence-corrected chi connectivity index (χ3v) is 3.02. The van der Waals surface area contributed by atoms with Gasteiger partial charge in [0, 0.05) is 20.1 Å². The van der Waals surface area contributed by atoms with Crippen LogP contribution in [0.3, 0.4) is 0 Å². The Hall–Kier alpha value is -2.14. The first-order valence-electron chi connectivity index (χ1n) is 6.52. The number of anilines is 1. The Kier molecular flexibility index (Phi) is 4.90. The molecule has 0 aliphatic carbocycles. The van der Waals surface area contributed by atoms with Crippen LogP contribution in [0.2, 0.25) is 0 Å². The molecule has 0 radical (unpaired) electrons. The number of aromatic nitrogens is 2. The van der Waals surface area contributed by atoms with Gasteiger partial charge in [0.1, 0.15) is 11.6 Å². The molecule has 1 aromatic heterocycles. The molecule has 0 saturated carbocycles. The van der Waals surface area contributed by atoms with Crippen molar-refractivity contribution >= 4 is 5.82 Å². The third-order valence-electron chi connectivity index (χ3n) is 3.02. The van der Waals surface area contributed by atoms with Crippen molar-refractivity contribution in [1.82, 2.24) is 15.3 Å². The first-order chi connectivity index (χ1) is 9.72. The van der Waals surface area contributed by atoms with E-state index in [4.69, 9.17) is 4.74 Å². The standard InChI is InChI=1S/C15H20N4O/c1-16-8-13-9-18-15(10-17-13)19(2)11-12-4-6-14(20-3)7-5-12/h4-7,9-10,16H,8,11H2,1-3H3. The highest BCUT2D eigenvalue weighted by atomic mass is 16.5. The maximum absolute atomic E-state index is 5.15. The molecule has 0 aliphatic heterocycles. The lowest BCUT2D eigenvalue weighted by atomic mass is 10.2. The first-order valence-corrected chi connectivity index (χ1v) is 6.52. The average Bonchev–Trinajstić information content (AvgIpc) is 2.49. The first kappa shape index (κ1) is 14.3. The maximum Gasteiger partial charge on any atom is 0.147 e. The second-order valence-electron chi connectivity index (χ2n) is 4.60. The fourth-order valence-electron chi connectivity index (χ4n) is 1.90. The summed E-state index contributed by atoms with van der Waals surface area (Å²) in [6, 6.07) is 8.03. The van der Waals surface area contributed by atoms with Crippen LogP contribution in [0, 0.1) is 0 Å². The maximum atomic E-state index is 5.15. The van der Waals surface area contributed by atoms with Crippen LogP contribution in [0.4, 0.5) is 5.82 Å². The van der Waals surface area contributed by atoms with Gasteiger partial charge in [0.25, 0.3) is 0 Å². The van der Waals surface area contributed by atoms with Crippen LogP contribution in [0.5, 0.6) is 5.75 Å². The van der Waals surface area contributed by atoms with E-state index in [1.54, 1.807) is 19.5 Å². The van der Waals surface area contributed by atoms with Crippen molar-refractivity contribution in [3.63, 3.8) is 0 Å². The molecular formula is C15H20N4O. The minimum atomic E-state index is 0.732. The normalized spacial score (nSPS) is 10.3. The summed E-state index contributed by atoms with van der Waals surface area (Å²) in [4.78, 5) is 10.9. The molecule has 5 nitrogen and oxygen atoms in total. The van der Waals surface area contributed by atoms with Crippen molar-refractivity contribution in [3.8, 4) is 5.75 Å². The van der Waals surface area contributed by atoms with E-state index in [9.17, 15) is 0 Å². The van der Waals surface area contributed by atoms with E-state index in [1.807, 2.05) is 26.2 Å². The van der Waals surface area contributed by atoms with E-state index in [0.29, 0.717) is 0 Å². The molecule has 2 rings (SSSR count). The van der Waals surface area contributed by atoms with Gasteiger partial charge in [-0.25, -0.2) is 4.98 Å². The number of ether oxygens (including phenoxy) is 1. The Labute approximate surface area is 119 Å². The molecule has 0 aliphatic rings. The number of benzene rings is 1. The lowest BCUT2D eigenvalue weighted by molar-refractivity contribution is 0.414. The summed E-state index contributed by atoms with van der Waals surface area (Å²) in [5.41, 5.74) is 2.14. The van der Waals surface area contributed by atoms with Crippen LogP contribution in [0.25, 0.3) is 0 Å². The fraction of sp³-hybridized carbons (Fsp3) is 0.333. The highest BCUT2D eigenvalue weighted by Crippen LogP contribution is 2.15. The zero-order valence-electron chi connectivity index (χ0n) is 12.1. The van der Waals surface area contributed by atoms with Gasteiger partial charge in [-0.15, -0.1) is 0 Å². The Morgan fingerprint density at radius 3 is 2.45 bits per heavy atom. The van der Waals surface area contributed by atoms with Crippen molar-refractivity contribution in [1.29, 1.82) is 0 Å². The average molecular weight is 272 g/mol. The molecule has 0 saturated heterocycles. The summed E-state index contributed by atoms with van der Waals surface area (Å²) in [5.74, 6) is 1.73. The van der Waals surface area contributed by atoms with E-state index in [1.165, 1.54) is 5.56 Å². The number of hydrogen-bond donors (Lipinski definition) is 1. The van der Waals surface area contributed by atoms with E-state index in [-0.39, 0.29) is 0 Å². The molecule has 1 heterocycles. The van der Waals surface area contributed by atoms with E-state index >= 15 is 0 Å². The van der Waals surface area contributed by atoms with Crippen molar-refractivity contribution in [2.24, 2.45) is 0 Å². The highest BCUT2D eigenvalue weighted by Gasteiger charge is 2.05. The molecule has 1 aromatic carbocycles. The molecular weight excluding hydrogens is 252 g/mol. The van der Waals surface area contributed by atoms with Gasteiger partial charge in [0.05, 0.1) is 25.2 Å². The molecule has 5 heteroatoms. The van der Waals surface area contributed by atoms with E-state index < -0.39 is 0 Å². The quantitative estimate of drug-likeness (QED) is 0.869. The van der Waals surface area contributed by atoms with Crippen LogP contribution in [0.1, 0.15) is 11.3 Å². The summed E-state index contributed by atoms with van der Waals surface area (Å²) in [6.45, 7) is 1.51. The van der Waals surface area contributed by atoms with E-state index in [2.05, 4.69) is 32.3 Å². The molecule has 0 fully saturated rings. The number of hydrogen-bond acceptors (Lipinski definition) is 5. The molecule has 20 heavy (non-hydrogen) atoms. The van der Waals surface area contributed by atoms with Gasteiger partial charge in [-0.1, -0.05) is 12.1 Å². The van der Waals surface area contributed by atoms with Crippen molar-refractivity contribution in [3.05, 3.63) is 47.9 Å². The third kappa shape index (κ3) is 3.68. The van der Waals surface area contributed by atoms with Gasteiger partial charge >= 0.3 is 0 Å². The summed E-state index contributed by atoms with van der Waals surface area (Å²) in [6.07, 6.45) is 3.60. The smallest absolute Gasteiger partial charge is 0.147 e. The minimum absolute atomic E-state index is 0.732. The summed E-state index contributed by atoms with van der Waals surface area (Å²) < 4.78 is 5.15. The van der Waals surface area contributed by atoms with Crippen LogP contribution in [-0.4, -0.2) is 31.2 Å². The van der Waals surface area contributed by atoms with Crippen LogP contribution >= 0.6 is 0 Å². The SMILES string of the molecule is CNCc1cnc(N(C)Cc2ccc(OC)cc2)cn1. The largest absolute Gasteiger partial charge is 0.497 e. The summed E-state index contributed by atoms with van der Waals surface area (Å²) >= 11 is 0. The molecule has 0 spiro atoms. The van der Waals surface area contributed by atoms with Gasteiger partial charge in [0.15, 0.2) is 0 Å². The van der Waals surface area contributed by atoms with Crippen molar-refractivity contribution in [2.75, 3.05) is 26.1 Å². The summed E-state index contributed by atoms with van der Waals surface area (Å²) in [5, 5.41) is 3.06. The van der Waals surface area contributed by atoms with Gasteiger partial charge < -0.3 is 15.0 Å². The van der Waals surface area contributed by atoms with Crippen LogP contribution in [-0.2, 0) is 13.1 Å². The zero-order chi connectivity index (χ0) is 14.4. The lowest BCUT2D eigenvalue weighted by Gasteiger charge is -2.18. The second-order valence-corrected chi connectivity index (χ2v) is 4.60. The fourth-order valence-corrected chi connectivity index (χ4v) is 1.90. The monoisotopic (exact) mass is 272 g/mol. The van der Waals surface area contributed by atoms with Gasteiger partial charge in [0.2, 0.25) is 0 Å². The minimum Gasteiger partial charge on any atom is -0.497 e. The number of rotatable bonds is 6. The number of nitrogens with zero attached hydrogens (tertiary/aromatic N) is 3. The second kappa shape index (κ2) is 6.86. The molecule has 2 aromatic rings. The Morgan fingerprint density at radius 1 is 1.15 bits per heavy atom.